The Labute approximate surface area is 177 Å². The lowest BCUT2D eigenvalue weighted by Crippen LogP contribution is -2.28. The van der Waals surface area contributed by atoms with E-state index in [1.165, 1.54) is 30.3 Å². The minimum Gasteiger partial charge on any atom is -0.482 e. The fourth-order valence-electron chi connectivity index (χ4n) is 2.39. The summed E-state index contributed by atoms with van der Waals surface area (Å²) in [6.45, 7) is 0.0371. The molecule has 0 bridgehead atoms. The largest absolute Gasteiger partial charge is 0.482 e. The van der Waals surface area contributed by atoms with Gasteiger partial charge in [-0.15, -0.1) is 0 Å². The molecular formula is C20H17ClFN3O4S. The minimum absolute atomic E-state index is 0.0268. The molecule has 0 fully saturated rings. The molecule has 30 heavy (non-hydrogen) atoms. The normalized spacial score (nSPS) is 11.0. The average Bonchev–Trinajstić information content (AvgIpc) is 2.73. The van der Waals surface area contributed by atoms with Crippen molar-refractivity contribution in [2.45, 2.75) is 11.4 Å². The number of benzene rings is 2. The van der Waals surface area contributed by atoms with Crippen LogP contribution in [0.15, 0.2) is 71.9 Å². The summed E-state index contributed by atoms with van der Waals surface area (Å²) in [5.74, 6) is -0.679. The smallest absolute Gasteiger partial charge is 0.261 e. The van der Waals surface area contributed by atoms with E-state index in [1.807, 2.05) is 0 Å². The molecule has 1 aromatic heterocycles. The summed E-state index contributed by atoms with van der Waals surface area (Å²) >= 11 is 6.11. The number of nitrogens with one attached hydrogen (secondary N) is 2. The number of hydrogen-bond acceptors (Lipinski definition) is 5. The number of sulfonamides is 1. The second-order valence-corrected chi connectivity index (χ2v) is 8.22. The van der Waals surface area contributed by atoms with Crippen molar-refractivity contribution in [1.82, 2.24) is 10.3 Å². The number of carbonyl (C=O) groups is 1. The Morgan fingerprint density at radius 3 is 2.43 bits per heavy atom. The van der Waals surface area contributed by atoms with Gasteiger partial charge in [0.25, 0.3) is 15.9 Å². The van der Waals surface area contributed by atoms with E-state index in [0.29, 0.717) is 6.54 Å². The first-order chi connectivity index (χ1) is 14.3. The summed E-state index contributed by atoms with van der Waals surface area (Å²) in [4.78, 5) is 15.7. The third-order valence-electron chi connectivity index (χ3n) is 3.91. The summed E-state index contributed by atoms with van der Waals surface area (Å²) < 4.78 is 45.6. The topological polar surface area (TPSA) is 97.4 Å². The van der Waals surface area contributed by atoms with Crippen LogP contribution in [0.1, 0.15) is 5.56 Å². The first-order valence-corrected chi connectivity index (χ1v) is 10.6. The molecule has 0 atom stereocenters. The van der Waals surface area contributed by atoms with Crippen LogP contribution in [0.5, 0.6) is 5.75 Å². The highest BCUT2D eigenvalue weighted by atomic mass is 35.5. The van der Waals surface area contributed by atoms with Crippen LogP contribution in [-0.4, -0.2) is 25.9 Å². The van der Waals surface area contributed by atoms with Gasteiger partial charge in [0.05, 0.1) is 9.92 Å². The highest BCUT2D eigenvalue weighted by molar-refractivity contribution is 7.92. The van der Waals surface area contributed by atoms with E-state index in [1.54, 1.807) is 24.5 Å². The number of nitrogens with zero attached hydrogens (tertiary/aromatic N) is 1. The fraction of sp³-hybridized carbons (Fsp3) is 0.100. The molecule has 2 aromatic carbocycles. The van der Waals surface area contributed by atoms with E-state index in [0.717, 1.165) is 17.7 Å². The molecule has 1 heterocycles. The minimum atomic E-state index is -3.93. The molecule has 3 rings (SSSR count). The van der Waals surface area contributed by atoms with Crippen molar-refractivity contribution in [3.8, 4) is 5.75 Å². The fourth-order valence-corrected chi connectivity index (χ4v) is 3.78. The van der Waals surface area contributed by atoms with Crippen LogP contribution in [0, 0.1) is 5.82 Å². The molecule has 0 spiro atoms. The predicted molar refractivity (Wildman–Crippen MR) is 110 cm³/mol. The number of rotatable bonds is 8. The quantitative estimate of drug-likeness (QED) is 0.549. The van der Waals surface area contributed by atoms with Crippen molar-refractivity contribution in [2.75, 3.05) is 11.3 Å². The maximum Gasteiger partial charge on any atom is 0.261 e. The maximum absolute atomic E-state index is 13.0. The molecule has 0 saturated carbocycles. The van der Waals surface area contributed by atoms with Gasteiger partial charge in [-0.3, -0.25) is 14.5 Å². The van der Waals surface area contributed by atoms with Crippen molar-refractivity contribution in [2.24, 2.45) is 0 Å². The lowest BCUT2D eigenvalue weighted by molar-refractivity contribution is -0.123. The number of pyridine rings is 1. The van der Waals surface area contributed by atoms with Gasteiger partial charge in [-0.05, 0) is 60.2 Å². The van der Waals surface area contributed by atoms with E-state index in [-0.39, 0.29) is 33.9 Å². The highest BCUT2D eigenvalue weighted by Gasteiger charge is 2.17. The first kappa shape index (κ1) is 21.5. The summed E-state index contributed by atoms with van der Waals surface area (Å²) in [5.41, 5.74) is 1.10. The number of hydrogen-bond donors (Lipinski definition) is 2. The monoisotopic (exact) mass is 449 g/mol. The van der Waals surface area contributed by atoms with Crippen LogP contribution in [0.4, 0.5) is 10.1 Å². The number of halogens is 2. The lowest BCUT2D eigenvalue weighted by atomic mass is 10.3. The van der Waals surface area contributed by atoms with Crippen LogP contribution in [0.2, 0.25) is 5.02 Å². The summed E-state index contributed by atoms with van der Waals surface area (Å²) in [5, 5.41) is 2.71. The van der Waals surface area contributed by atoms with E-state index in [9.17, 15) is 17.6 Å². The molecule has 7 nitrogen and oxygen atoms in total. The van der Waals surface area contributed by atoms with Crippen LogP contribution >= 0.6 is 11.6 Å². The Hall–Kier alpha value is -3.17. The average molecular weight is 450 g/mol. The Kier molecular flexibility index (Phi) is 6.86. The molecule has 0 saturated heterocycles. The molecular weight excluding hydrogens is 433 g/mol. The van der Waals surface area contributed by atoms with Crippen molar-refractivity contribution >= 4 is 33.2 Å². The van der Waals surface area contributed by atoms with E-state index in [2.05, 4.69) is 15.0 Å². The second-order valence-electron chi connectivity index (χ2n) is 6.13. The van der Waals surface area contributed by atoms with Crippen molar-refractivity contribution in [3.05, 3.63) is 83.4 Å². The van der Waals surface area contributed by atoms with Gasteiger partial charge >= 0.3 is 0 Å². The summed E-state index contributed by atoms with van der Waals surface area (Å²) in [6, 6.07) is 12.3. The highest BCUT2D eigenvalue weighted by Crippen LogP contribution is 2.28. The second kappa shape index (κ2) is 9.55. The predicted octanol–water partition coefficient (Wildman–Crippen LogP) is 3.37. The molecule has 0 radical (unpaired) electrons. The van der Waals surface area contributed by atoms with E-state index < -0.39 is 15.8 Å². The Bertz CT molecular complexity index is 1130. The zero-order chi connectivity index (χ0) is 21.6. The van der Waals surface area contributed by atoms with Gasteiger partial charge in [0, 0.05) is 24.6 Å². The van der Waals surface area contributed by atoms with E-state index >= 15 is 0 Å². The Balaban J connectivity index is 1.59. The third-order valence-corrected chi connectivity index (χ3v) is 5.58. The SMILES string of the molecule is O=C(COc1ccc(S(=O)(=O)Nc2ccc(F)cc2)cc1Cl)NCc1ccncc1. The van der Waals surface area contributed by atoms with Crippen LogP contribution < -0.4 is 14.8 Å². The summed E-state index contributed by atoms with van der Waals surface area (Å²) in [7, 11) is -3.93. The zero-order valence-corrected chi connectivity index (χ0v) is 17.1. The molecule has 156 valence electrons. The number of anilines is 1. The van der Waals surface area contributed by atoms with Gasteiger partial charge in [0.15, 0.2) is 6.61 Å². The van der Waals surface area contributed by atoms with Crippen molar-refractivity contribution in [1.29, 1.82) is 0 Å². The number of amides is 1. The third kappa shape index (κ3) is 5.91. The first-order valence-electron chi connectivity index (χ1n) is 8.70. The van der Waals surface area contributed by atoms with Gasteiger partial charge in [-0.2, -0.15) is 0 Å². The number of ether oxygens (including phenoxy) is 1. The van der Waals surface area contributed by atoms with Crippen LogP contribution in [-0.2, 0) is 21.4 Å². The standard InChI is InChI=1S/C20H17ClFN3O4S/c21-18-11-17(30(27,28)25-16-3-1-15(22)2-4-16)5-6-19(18)29-13-20(26)24-12-14-7-9-23-10-8-14/h1-11,25H,12-13H2,(H,24,26). The molecule has 1 amide bonds. The van der Waals surface area contributed by atoms with Crippen molar-refractivity contribution in [3.63, 3.8) is 0 Å². The molecule has 0 aliphatic carbocycles. The molecule has 3 aromatic rings. The van der Waals surface area contributed by atoms with Gasteiger partial charge in [-0.25, -0.2) is 12.8 Å². The molecule has 0 unspecified atom stereocenters. The van der Waals surface area contributed by atoms with Gasteiger partial charge in [0.1, 0.15) is 11.6 Å². The van der Waals surface area contributed by atoms with Gasteiger partial charge < -0.3 is 10.1 Å². The lowest BCUT2D eigenvalue weighted by Gasteiger charge is -2.11. The van der Waals surface area contributed by atoms with Crippen LogP contribution in [0.3, 0.4) is 0 Å². The van der Waals surface area contributed by atoms with Gasteiger partial charge in [-0.1, -0.05) is 11.6 Å². The molecule has 0 aliphatic heterocycles. The molecule has 0 aliphatic rings. The Morgan fingerprint density at radius 1 is 1.07 bits per heavy atom. The molecule has 2 N–H and O–H groups in total. The summed E-state index contributed by atoms with van der Waals surface area (Å²) in [6.07, 6.45) is 3.25. The molecule has 10 heteroatoms. The van der Waals surface area contributed by atoms with Gasteiger partial charge in [0.2, 0.25) is 0 Å². The zero-order valence-electron chi connectivity index (χ0n) is 15.5. The number of aromatic nitrogens is 1. The van der Waals surface area contributed by atoms with Crippen molar-refractivity contribution < 1.29 is 22.3 Å². The number of carbonyl (C=O) groups excluding carboxylic acids is 1. The van der Waals surface area contributed by atoms with E-state index in [4.69, 9.17) is 16.3 Å². The maximum atomic E-state index is 13.0. The van der Waals surface area contributed by atoms with Crippen LogP contribution in [0.25, 0.3) is 0 Å². The Morgan fingerprint density at radius 2 is 1.77 bits per heavy atom.